The van der Waals surface area contributed by atoms with Crippen molar-refractivity contribution in [2.75, 3.05) is 13.1 Å². The molecule has 110 valence electrons. The fourth-order valence-electron chi connectivity index (χ4n) is 3.22. The van der Waals surface area contributed by atoms with Crippen LogP contribution in [-0.4, -0.2) is 38.6 Å². The van der Waals surface area contributed by atoms with Crippen molar-refractivity contribution < 1.29 is 9.90 Å². The number of likely N-dealkylation sites (tertiary alicyclic amines) is 1. The van der Waals surface area contributed by atoms with Crippen molar-refractivity contribution in [1.29, 1.82) is 0 Å². The first-order chi connectivity index (χ1) is 9.75. The largest absolute Gasteiger partial charge is 0.481 e. The standard InChI is InChI=1S/C15H23N3O2/c19-15(20)9-13(17-7-3-1-2-4-8-17)14-10-16-11-18(14)12-5-6-12/h10-13H,1-9H2,(H,19,20). The molecule has 5 heteroatoms. The molecule has 1 N–H and O–H groups in total. The Balaban J connectivity index is 1.83. The SMILES string of the molecule is O=C(O)CC(c1cncn1C1CC1)N1CCCCCC1. The second-order valence-electron chi connectivity index (χ2n) is 6.02. The van der Waals surface area contributed by atoms with Gasteiger partial charge in [0, 0.05) is 12.2 Å². The highest BCUT2D eigenvalue weighted by atomic mass is 16.4. The van der Waals surface area contributed by atoms with E-state index in [9.17, 15) is 9.90 Å². The molecule has 0 bridgehead atoms. The van der Waals surface area contributed by atoms with Gasteiger partial charge in [0.15, 0.2) is 0 Å². The zero-order valence-corrected chi connectivity index (χ0v) is 11.9. The summed E-state index contributed by atoms with van der Waals surface area (Å²) in [5.41, 5.74) is 1.09. The summed E-state index contributed by atoms with van der Waals surface area (Å²) in [6.07, 6.45) is 11.2. The maximum Gasteiger partial charge on any atom is 0.305 e. The molecule has 0 spiro atoms. The van der Waals surface area contributed by atoms with Gasteiger partial charge in [0.05, 0.1) is 24.5 Å². The monoisotopic (exact) mass is 277 g/mol. The number of nitrogens with zero attached hydrogens (tertiary/aromatic N) is 3. The Morgan fingerprint density at radius 3 is 2.60 bits per heavy atom. The second-order valence-corrected chi connectivity index (χ2v) is 6.02. The maximum atomic E-state index is 11.3. The number of carbonyl (C=O) groups is 1. The summed E-state index contributed by atoms with van der Waals surface area (Å²) in [7, 11) is 0. The van der Waals surface area contributed by atoms with Gasteiger partial charge >= 0.3 is 5.97 Å². The first-order valence-corrected chi connectivity index (χ1v) is 7.73. The zero-order chi connectivity index (χ0) is 13.9. The van der Waals surface area contributed by atoms with E-state index < -0.39 is 5.97 Å². The lowest BCUT2D eigenvalue weighted by Crippen LogP contribution is -2.32. The van der Waals surface area contributed by atoms with E-state index in [0.717, 1.165) is 18.8 Å². The van der Waals surface area contributed by atoms with Crippen molar-refractivity contribution in [3.8, 4) is 0 Å². The third-order valence-electron chi connectivity index (χ3n) is 4.43. The van der Waals surface area contributed by atoms with E-state index in [-0.39, 0.29) is 12.5 Å². The third kappa shape index (κ3) is 3.03. The summed E-state index contributed by atoms with van der Waals surface area (Å²) >= 11 is 0. The van der Waals surface area contributed by atoms with Gasteiger partial charge in [-0.05, 0) is 38.8 Å². The van der Waals surface area contributed by atoms with Crippen LogP contribution in [0.25, 0.3) is 0 Å². The molecule has 1 aromatic rings. The van der Waals surface area contributed by atoms with Crippen LogP contribution in [0.5, 0.6) is 0 Å². The van der Waals surface area contributed by atoms with Crippen LogP contribution in [0.15, 0.2) is 12.5 Å². The highest BCUT2D eigenvalue weighted by Gasteiger charge is 2.31. The van der Waals surface area contributed by atoms with Gasteiger partial charge in [-0.3, -0.25) is 9.69 Å². The van der Waals surface area contributed by atoms with Crippen LogP contribution >= 0.6 is 0 Å². The van der Waals surface area contributed by atoms with Gasteiger partial charge in [0.2, 0.25) is 0 Å². The molecule has 5 nitrogen and oxygen atoms in total. The molecule has 1 saturated heterocycles. The molecule has 1 saturated carbocycles. The zero-order valence-electron chi connectivity index (χ0n) is 11.9. The molecule has 1 aromatic heterocycles. The second kappa shape index (κ2) is 5.95. The topological polar surface area (TPSA) is 58.4 Å². The number of carboxylic acid groups (broad SMARTS) is 1. The molecule has 1 aliphatic carbocycles. The number of hydrogen-bond acceptors (Lipinski definition) is 3. The van der Waals surface area contributed by atoms with Crippen molar-refractivity contribution in [3.63, 3.8) is 0 Å². The van der Waals surface area contributed by atoms with Crippen LogP contribution < -0.4 is 0 Å². The Morgan fingerprint density at radius 1 is 1.30 bits per heavy atom. The van der Waals surface area contributed by atoms with Gasteiger partial charge < -0.3 is 9.67 Å². The van der Waals surface area contributed by atoms with Gasteiger partial charge in [-0.15, -0.1) is 0 Å². The van der Waals surface area contributed by atoms with Gasteiger partial charge in [-0.2, -0.15) is 0 Å². The van der Waals surface area contributed by atoms with Gasteiger partial charge in [0.1, 0.15) is 0 Å². The summed E-state index contributed by atoms with van der Waals surface area (Å²) < 4.78 is 2.21. The minimum absolute atomic E-state index is 0.0197. The number of aliphatic carboxylic acids is 1. The summed E-state index contributed by atoms with van der Waals surface area (Å²) in [5.74, 6) is -0.720. The number of rotatable bonds is 5. The molecule has 3 rings (SSSR count). The molecule has 0 aromatic carbocycles. The summed E-state index contributed by atoms with van der Waals surface area (Å²) in [4.78, 5) is 17.9. The third-order valence-corrected chi connectivity index (χ3v) is 4.43. The predicted octanol–water partition coefficient (Wildman–Crippen LogP) is 2.61. The lowest BCUT2D eigenvalue weighted by atomic mass is 10.1. The Hall–Kier alpha value is -1.36. The van der Waals surface area contributed by atoms with E-state index in [2.05, 4.69) is 14.5 Å². The molecule has 0 amide bonds. The van der Waals surface area contributed by atoms with E-state index in [4.69, 9.17) is 0 Å². The first kappa shape index (κ1) is 13.6. The van der Waals surface area contributed by atoms with Crippen molar-refractivity contribution >= 4 is 5.97 Å². The Morgan fingerprint density at radius 2 is 2.00 bits per heavy atom. The van der Waals surface area contributed by atoms with Crippen LogP contribution in [0, 0.1) is 0 Å². The molecule has 2 fully saturated rings. The maximum absolute atomic E-state index is 11.3. The molecule has 1 aliphatic heterocycles. The van der Waals surface area contributed by atoms with E-state index in [1.807, 2.05) is 12.5 Å². The van der Waals surface area contributed by atoms with E-state index in [0.29, 0.717) is 6.04 Å². The smallest absolute Gasteiger partial charge is 0.305 e. The Bertz CT molecular complexity index is 459. The molecular weight excluding hydrogens is 254 g/mol. The number of aromatic nitrogens is 2. The number of imidazole rings is 1. The fourth-order valence-corrected chi connectivity index (χ4v) is 3.22. The minimum atomic E-state index is -0.720. The summed E-state index contributed by atoms with van der Waals surface area (Å²) in [6, 6.07) is 0.532. The first-order valence-electron chi connectivity index (χ1n) is 7.73. The lowest BCUT2D eigenvalue weighted by molar-refractivity contribution is -0.138. The van der Waals surface area contributed by atoms with E-state index >= 15 is 0 Å². The van der Waals surface area contributed by atoms with E-state index in [1.165, 1.54) is 38.5 Å². The van der Waals surface area contributed by atoms with Gasteiger partial charge in [0.25, 0.3) is 0 Å². The predicted molar refractivity (Wildman–Crippen MR) is 75.5 cm³/mol. The molecule has 1 unspecified atom stereocenters. The highest BCUT2D eigenvalue weighted by molar-refractivity contribution is 5.67. The van der Waals surface area contributed by atoms with Gasteiger partial charge in [-0.1, -0.05) is 12.8 Å². The van der Waals surface area contributed by atoms with Crippen LogP contribution in [0.4, 0.5) is 0 Å². The Kier molecular flexibility index (Phi) is 4.05. The molecule has 0 radical (unpaired) electrons. The Labute approximate surface area is 119 Å². The van der Waals surface area contributed by atoms with E-state index in [1.54, 1.807) is 0 Å². The average Bonchev–Trinajstić information content (AvgIpc) is 3.20. The highest BCUT2D eigenvalue weighted by Crippen LogP contribution is 2.38. The molecule has 2 heterocycles. The summed E-state index contributed by atoms with van der Waals surface area (Å²) in [5, 5.41) is 9.27. The lowest BCUT2D eigenvalue weighted by Gasteiger charge is -2.30. The fraction of sp³-hybridized carbons (Fsp3) is 0.733. The number of carboxylic acids is 1. The normalized spacial score (nSPS) is 22.4. The average molecular weight is 277 g/mol. The van der Waals surface area contributed by atoms with Crippen molar-refractivity contribution in [2.45, 2.75) is 57.0 Å². The van der Waals surface area contributed by atoms with Crippen molar-refractivity contribution in [2.24, 2.45) is 0 Å². The van der Waals surface area contributed by atoms with Crippen LogP contribution in [0.1, 0.15) is 62.7 Å². The van der Waals surface area contributed by atoms with Crippen LogP contribution in [0.3, 0.4) is 0 Å². The molecule has 2 aliphatic rings. The molecule has 1 atom stereocenters. The van der Waals surface area contributed by atoms with Crippen molar-refractivity contribution in [3.05, 3.63) is 18.2 Å². The quantitative estimate of drug-likeness (QED) is 0.898. The van der Waals surface area contributed by atoms with Crippen LogP contribution in [-0.2, 0) is 4.79 Å². The van der Waals surface area contributed by atoms with Crippen LogP contribution in [0.2, 0.25) is 0 Å². The molecule has 20 heavy (non-hydrogen) atoms. The van der Waals surface area contributed by atoms with Gasteiger partial charge in [-0.25, -0.2) is 4.98 Å². The summed E-state index contributed by atoms with van der Waals surface area (Å²) in [6.45, 7) is 2.02. The number of hydrogen-bond donors (Lipinski definition) is 1. The van der Waals surface area contributed by atoms with Crippen molar-refractivity contribution in [1.82, 2.24) is 14.5 Å². The minimum Gasteiger partial charge on any atom is -0.481 e. The molecular formula is C15H23N3O2.